The second-order valence-electron chi connectivity index (χ2n) is 6.80. The summed E-state index contributed by atoms with van der Waals surface area (Å²) < 4.78 is 10.2. The first-order valence-corrected chi connectivity index (χ1v) is 8.55. The minimum absolute atomic E-state index is 0.0526. The molecule has 0 N–H and O–H groups in total. The highest BCUT2D eigenvalue weighted by molar-refractivity contribution is 5.81. The van der Waals surface area contributed by atoms with E-state index < -0.39 is 0 Å². The molecule has 3 rings (SSSR count). The topological polar surface area (TPSA) is 75.9 Å². The van der Waals surface area contributed by atoms with Crippen molar-refractivity contribution in [3.8, 4) is 0 Å². The molecule has 0 aromatic carbocycles. The van der Waals surface area contributed by atoms with Gasteiger partial charge in [-0.2, -0.15) is 0 Å². The molecule has 7 nitrogen and oxygen atoms in total. The zero-order valence-electron chi connectivity index (χ0n) is 14.4. The number of likely N-dealkylation sites (tertiary alicyclic amines) is 1. The van der Waals surface area contributed by atoms with Gasteiger partial charge in [-0.15, -0.1) is 0 Å². The van der Waals surface area contributed by atoms with Gasteiger partial charge in [0.1, 0.15) is 18.1 Å². The number of aromatic nitrogens is 1. The van der Waals surface area contributed by atoms with Crippen LogP contribution in [0, 0.1) is 5.92 Å². The van der Waals surface area contributed by atoms with Gasteiger partial charge in [0.2, 0.25) is 11.8 Å². The first-order valence-electron chi connectivity index (χ1n) is 8.55. The molecule has 2 heterocycles. The van der Waals surface area contributed by atoms with Crippen LogP contribution in [0.2, 0.25) is 0 Å². The lowest BCUT2D eigenvalue weighted by Gasteiger charge is -2.33. The molecule has 2 aliphatic rings. The van der Waals surface area contributed by atoms with Crippen molar-refractivity contribution in [3.63, 3.8) is 0 Å². The Kier molecular flexibility index (Phi) is 5.18. The molecule has 2 amide bonds. The summed E-state index contributed by atoms with van der Waals surface area (Å²) in [5.74, 6) is 1.30. The minimum atomic E-state index is -0.153. The van der Waals surface area contributed by atoms with Crippen molar-refractivity contribution in [1.29, 1.82) is 0 Å². The number of carbonyl (C=O) groups excluding carboxylic acids is 2. The maximum atomic E-state index is 12.7. The van der Waals surface area contributed by atoms with Crippen LogP contribution in [0.3, 0.4) is 0 Å². The number of hydrogen-bond donors (Lipinski definition) is 0. The summed E-state index contributed by atoms with van der Waals surface area (Å²) in [5.41, 5.74) is 0.788. The van der Waals surface area contributed by atoms with E-state index in [-0.39, 0.29) is 24.3 Å². The number of carbonyl (C=O) groups is 2. The summed E-state index contributed by atoms with van der Waals surface area (Å²) >= 11 is 0. The molecule has 0 bridgehead atoms. The zero-order valence-corrected chi connectivity index (χ0v) is 14.4. The Morgan fingerprint density at radius 2 is 2.21 bits per heavy atom. The molecule has 0 spiro atoms. The monoisotopic (exact) mass is 335 g/mol. The Labute approximate surface area is 141 Å². The van der Waals surface area contributed by atoms with Crippen LogP contribution in [0.5, 0.6) is 0 Å². The quantitative estimate of drug-likeness (QED) is 0.785. The van der Waals surface area contributed by atoms with E-state index in [2.05, 4.69) is 5.16 Å². The van der Waals surface area contributed by atoms with Gasteiger partial charge in [-0.1, -0.05) is 5.16 Å². The molecule has 0 radical (unpaired) electrons. The zero-order chi connectivity index (χ0) is 17.1. The van der Waals surface area contributed by atoms with E-state index >= 15 is 0 Å². The van der Waals surface area contributed by atoms with Gasteiger partial charge in [-0.25, -0.2) is 0 Å². The molecular weight excluding hydrogens is 310 g/mol. The lowest BCUT2D eigenvalue weighted by Crippen LogP contribution is -2.46. The molecule has 1 aliphatic heterocycles. The summed E-state index contributed by atoms with van der Waals surface area (Å²) in [6, 6.07) is 1.96. The van der Waals surface area contributed by atoms with E-state index in [1.165, 1.54) is 7.11 Å². The Morgan fingerprint density at radius 3 is 2.92 bits per heavy atom. The van der Waals surface area contributed by atoms with Crippen molar-refractivity contribution in [3.05, 3.63) is 17.5 Å². The fourth-order valence-corrected chi connectivity index (χ4v) is 3.22. The summed E-state index contributed by atoms with van der Waals surface area (Å²) in [5, 5.41) is 4.06. The number of piperidine rings is 1. The van der Waals surface area contributed by atoms with Gasteiger partial charge in [0, 0.05) is 39.2 Å². The lowest BCUT2D eigenvalue weighted by atomic mass is 9.96. The van der Waals surface area contributed by atoms with E-state index in [4.69, 9.17) is 9.26 Å². The van der Waals surface area contributed by atoms with Crippen LogP contribution in [0.25, 0.3) is 0 Å². The second kappa shape index (κ2) is 7.34. The first-order chi connectivity index (χ1) is 11.6. The number of ether oxygens (including phenoxy) is 1. The highest BCUT2D eigenvalue weighted by atomic mass is 16.5. The second-order valence-corrected chi connectivity index (χ2v) is 6.80. The number of methoxy groups -OCH3 is 1. The number of rotatable bonds is 6. The average Bonchev–Trinajstić information content (AvgIpc) is 3.34. The average molecular weight is 335 g/mol. The molecule has 0 unspecified atom stereocenters. The van der Waals surface area contributed by atoms with E-state index in [1.54, 1.807) is 16.8 Å². The smallest absolute Gasteiger partial charge is 0.248 e. The molecule has 2 fully saturated rings. The van der Waals surface area contributed by atoms with Crippen LogP contribution in [-0.2, 0) is 20.9 Å². The Balaban J connectivity index is 1.54. The fraction of sp³-hybridized carbons (Fsp3) is 0.706. The van der Waals surface area contributed by atoms with Gasteiger partial charge in [0.25, 0.3) is 0 Å². The van der Waals surface area contributed by atoms with Crippen LogP contribution in [0.1, 0.15) is 43.1 Å². The van der Waals surface area contributed by atoms with Crippen LogP contribution >= 0.6 is 0 Å². The van der Waals surface area contributed by atoms with Crippen LogP contribution in [0.4, 0.5) is 0 Å². The maximum Gasteiger partial charge on any atom is 0.248 e. The van der Waals surface area contributed by atoms with Crippen LogP contribution < -0.4 is 0 Å². The van der Waals surface area contributed by atoms with Gasteiger partial charge in [-0.05, 0) is 25.7 Å². The molecule has 1 aromatic rings. The maximum absolute atomic E-state index is 12.7. The SMILES string of the molecule is COCC(=O)N1CCC[C@H](C(=O)N(C)Cc2cc(C3CC3)on2)C1. The first kappa shape index (κ1) is 17.0. The van der Waals surface area contributed by atoms with Crippen molar-refractivity contribution in [2.24, 2.45) is 5.92 Å². The largest absolute Gasteiger partial charge is 0.375 e. The standard InChI is InChI=1S/C17H25N3O4/c1-19(10-14-8-15(24-18-14)12-5-6-12)17(22)13-4-3-7-20(9-13)16(21)11-23-2/h8,12-13H,3-7,9-11H2,1-2H3/t13-/m0/s1. The van der Waals surface area contributed by atoms with Crippen LogP contribution in [-0.4, -0.2) is 60.6 Å². The highest BCUT2D eigenvalue weighted by Crippen LogP contribution is 2.40. The van der Waals surface area contributed by atoms with Crippen molar-refractivity contribution in [1.82, 2.24) is 15.0 Å². The van der Waals surface area contributed by atoms with Gasteiger partial charge in [-0.3, -0.25) is 9.59 Å². The van der Waals surface area contributed by atoms with E-state index in [9.17, 15) is 9.59 Å². The fourth-order valence-electron chi connectivity index (χ4n) is 3.22. The normalized spacial score (nSPS) is 20.9. The molecule has 1 aromatic heterocycles. The molecule has 1 saturated heterocycles. The van der Waals surface area contributed by atoms with E-state index in [0.717, 1.165) is 37.1 Å². The highest BCUT2D eigenvalue weighted by Gasteiger charge is 2.31. The molecule has 132 valence electrons. The molecule has 7 heteroatoms. The van der Waals surface area contributed by atoms with Gasteiger partial charge >= 0.3 is 0 Å². The molecule has 1 atom stereocenters. The van der Waals surface area contributed by atoms with Crippen LogP contribution in [0.15, 0.2) is 10.6 Å². The van der Waals surface area contributed by atoms with Gasteiger partial charge in [0.15, 0.2) is 0 Å². The number of amides is 2. The minimum Gasteiger partial charge on any atom is -0.375 e. The third-order valence-electron chi connectivity index (χ3n) is 4.72. The van der Waals surface area contributed by atoms with Gasteiger partial charge < -0.3 is 19.1 Å². The van der Waals surface area contributed by atoms with Crippen molar-refractivity contribution in [2.45, 2.75) is 38.1 Å². The number of hydrogen-bond acceptors (Lipinski definition) is 5. The van der Waals surface area contributed by atoms with E-state index in [1.807, 2.05) is 6.07 Å². The predicted molar refractivity (Wildman–Crippen MR) is 86.1 cm³/mol. The summed E-state index contributed by atoms with van der Waals surface area (Å²) in [7, 11) is 3.29. The van der Waals surface area contributed by atoms with E-state index in [0.29, 0.717) is 25.6 Å². The predicted octanol–water partition coefficient (Wildman–Crippen LogP) is 1.40. The summed E-state index contributed by atoms with van der Waals surface area (Å²) in [6.45, 7) is 1.68. The molecule has 1 saturated carbocycles. The van der Waals surface area contributed by atoms with Crippen molar-refractivity contribution >= 4 is 11.8 Å². The molecule has 1 aliphatic carbocycles. The molecule has 24 heavy (non-hydrogen) atoms. The van der Waals surface area contributed by atoms with Crippen molar-refractivity contribution in [2.75, 3.05) is 33.9 Å². The Morgan fingerprint density at radius 1 is 1.42 bits per heavy atom. The third kappa shape index (κ3) is 3.95. The van der Waals surface area contributed by atoms with Gasteiger partial charge in [0.05, 0.1) is 12.5 Å². The number of nitrogens with zero attached hydrogens (tertiary/aromatic N) is 3. The summed E-state index contributed by atoms with van der Waals surface area (Å²) in [4.78, 5) is 28.0. The summed E-state index contributed by atoms with van der Waals surface area (Å²) in [6.07, 6.45) is 3.98. The Hall–Kier alpha value is -1.89. The lowest BCUT2D eigenvalue weighted by molar-refractivity contribution is -0.142. The van der Waals surface area contributed by atoms with Crippen molar-refractivity contribution < 1.29 is 18.8 Å². The Bertz CT molecular complexity index is 596. The molecular formula is C17H25N3O4. The third-order valence-corrected chi connectivity index (χ3v) is 4.72.